The van der Waals surface area contributed by atoms with Crippen molar-refractivity contribution in [2.45, 2.75) is 45.3 Å². The van der Waals surface area contributed by atoms with Gasteiger partial charge < -0.3 is 14.8 Å². The minimum absolute atomic E-state index is 0.105. The van der Waals surface area contributed by atoms with Crippen LogP contribution in [0, 0.1) is 0 Å². The molecule has 4 heteroatoms. The van der Waals surface area contributed by atoms with Gasteiger partial charge in [0.05, 0.1) is 6.04 Å². The van der Waals surface area contributed by atoms with Gasteiger partial charge in [-0.15, -0.1) is 0 Å². The van der Waals surface area contributed by atoms with E-state index in [0.29, 0.717) is 0 Å². The molecule has 1 aromatic carbocycles. The first-order valence-electron chi connectivity index (χ1n) is 6.33. The third kappa shape index (κ3) is 5.12. The lowest BCUT2D eigenvalue weighted by Gasteiger charge is -2.24. The van der Waals surface area contributed by atoms with Crippen molar-refractivity contribution >= 4 is 12.4 Å². The quantitative estimate of drug-likeness (QED) is 0.850. The predicted molar refractivity (Wildman–Crippen MR) is 74.1 cm³/mol. The molecule has 0 saturated carbocycles. The first kappa shape index (κ1) is 15.2. The number of rotatable bonds is 4. The van der Waals surface area contributed by atoms with Crippen LogP contribution in [-0.4, -0.2) is 24.0 Å². The van der Waals surface area contributed by atoms with E-state index in [1.165, 1.54) is 0 Å². The van der Waals surface area contributed by atoms with Crippen LogP contribution in [0.5, 0.6) is 0 Å². The van der Waals surface area contributed by atoms with Gasteiger partial charge in [-0.25, -0.2) is 4.79 Å². The van der Waals surface area contributed by atoms with E-state index in [-0.39, 0.29) is 5.92 Å². The Balaban J connectivity index is 2.68. The third-order valence-electron chi connectivity index (χ3n) is 2.69. The standard InChI is InChI=1S/C15H21NO3/c1-11(12-8-6-5-7-9-12)13(10-17)16-14(18)19-15(2,3)4/h5-11,13H,1-4H3,(H,16,18)/t11-,13-/m0/s1. The number of carbonyl (C=O) groups excluding carboxylic acids is 2. The molecule has 0 aliphatic heterocycles. The molecule has 1 aromatic rings. The van der Waals surface area contributed by atoms with Crippen molar-refractivity contribution in [3.8, 4) is 0 Å². The van der Waals surface area contributed by atoms with Crippen LogP contribution in [0.3, 0.4) is 0 Å². The second-order valence-corrected chi connectivity index (χ2v) is 5.51. The lowest BCUT2D eigenvalue weighted by atomic mass is 9.94. The fourth-order valence-electron chi connectivity index (χ4n) is 1.68. The Morgan fingerprint density at radius 2 is 1.84 bits per heavy atom. The highest BCUT2D eigenvalue weighted by Gasteiger charge is 2.23. The molecule has 1 N–H and O–H groups in total. The van der Waals surface area contributed by atoms with E-state index in [1.54, 1.807) is 20.8 Å². The van der Waals surface area contributed by atoms with Crippen LogP contribution < -0.4 is 5.32 Å². The van der Waals surface area contributed by atoms with Crippen LogP contribution in [0.2, 0.25) is 0 Å². The maximum absolute atomic E-state index is 11.7. The SMILES string of the molecule is C[C@@H](c1ccccc1)[C@H](C=O)NC(=O)OC(C)(C)C. The lowest BCUT2D eigenvalue weighted by molar-refractivity contribution is -0.110. The topological polar surface area (TPSA) is 55.4 Å². The summed E-state index contributed by atoms with van der Waals surface area (Å²) in [5.74, 6) is -0.105. The molecule has 4 nitrogen and oxygen atoms in total. The molecule has 0 aliphatic rings. The van der Waals surface area contributed by atoms with Crippen molar-refractivity contribution in [2.24, 2.45) is 0 Å². The Morgan fingerprint density at radius 3 is 2.32 bits per heavy atom. The second kappa shape index (κ2) is 6.36. The number of benzene rings is 1. The summed E-state index contributed by atoms with van der Waals surface area (Å²) in [4.78, 5) is 22.8. The molecule has 0 unspecified atom stereocenters. The normalized spacial score (nSPS) is 14.3. The fraction of sp³-hybridized carbons (Fsp3) is 0.467. The van der Waals surface area contributed by atoms with Gasteiger partial charge in [0.1, 0.15) is 11.9 Å². The van der Waals surface area contributed by atoms with Gasteiger partial charge in [-0.1, -0.05) is 37.3 Å². The Bertz CT molecular complexity index is 423. The first-order chi connectivity index (χ1) is 8.83. The van der Waals surface area contributed by atoms with Crippen LogP contribution in [0.25, 0.3) is 0 Å². The number of nitrogens with one attached hydrogen (secondary N) is 1. The number of hydrogen-bond acceptors (Lipinski definition) is 3. The highest BCUT2D eigenvalue weighted by molar-refractivity contribution is 5.74. The van der Waals surface area contributed by atoms with Gasteiger partial charge in [0.2, 0.25) is 0 Å². The van der Waals surface area contributed by atoms with Gasteiger partial charge in [0.25, 0.3) is 0 Å². The molecule has 0 spiro atoms. The fourth-order valence-corrected chi connectivity index (χ4v) is 1.68. The van der Waals surface area contributed by atoms with Crippen LogP contribution in [0.4, 0.5) is 4.79 Å². The van der Waals surface area contributed by atoms with E-state index < -0.39 is 17.7 Å². The van der Waals surface area contributed by atoms with E-state index >= 15 is 0 Å². The van der Waals surface area contributed by atoms with Gasteiger partial charge in [-0.3, -0.25) is 0 Å². The van der Waals surface area contributed by atoms with E-state index in [1.807, 2.05) is 37.3 Å². The summed E-state index contributed by atoms with van der Waals surface area (Å²) in [5, 5.41) is 2.59. The molecule has 0 bridgehead atoms. The Labute approximate surface area is 114 Å². The van der Waals surface area contributed by atoms with Gasteiger partial charge >= 0.3 is 6.09 Å². The molecule has 0 saturated heterocycles. The Hall–Kier alpha value is -1.84. The second-order valence-electron chi connectivity index (χ2n) is 5.51. The molecular formula is C15H21NO3. The number of ether oxygens (including phenoxy) is 1. The van der Waals surface area contributed by atoms with Crippen LogP contribution in [0.15, 0.2) is 30.3 Å². The summed E-state index contributed by atoms with van der Waals surface area (Å²) in [7, 11) is 0. The van der Waals surface area contributed by atoms with Crippen LogP contribution in [0.1, 0.15) is 39.2 Å². The van der Waals surface area contributed by atoms with Crippen LogP contribution >= 0.6 is 0 Å². The molecule has 0 fully saturated rings. The highest BCUT2D eigenvalue weighted by Crippen LogP contribution is 2.18. The minimum atomic E-state index is -0.600. The molecule has 0 heterocycles. The van der Waals surface area contributed by atoms with E-state index in [4.69, 9.17) is 4.74 Å². The van der Waals surface area contributed by atoms with Crippen molar-refractivity contribution in [3.05, 3.63) is 35.9 Å². The van der Waals surface area contributed by atoms with Crippen molar-refractivity contribution < 1.29 is 14.3 Å². The zero-order chi connectivity index (χ0) is 14.5. The van der Waals surface area contributed by atoms with Crippen molar-refractivity contribution in [1.82, 2.24) is 5.32 Å². The molecule has 0 radical (unpaired) electrons. The molecule has 0 aromatic heterocycles. The number of carbonyl (C=O) groups is 2. The van der Waals surface area contributed by atoms with Gasteiger partial charge in [-0.2, -0.15) is 0 Å². The Kier molecular flexibility index (Phi) is 5.10. The van der Waals surface area contributed by atoms with E-state index in [0.717, 1.165) is 11.8 Å². The summed E-state index contributed by atoms with van der Waals surface area (Å²) >= 11 is 0. The molecule has 1 rings (SSSR count). The lowest BCUT2D eigenvalue weighted by Crippen LogP contribution is -2.42. The third-order valence-corrected chi connectivity index (χ3v) is 2.69. The molecule has 1 amide bonds. The predicted octanol–water partition coefficient (Wildman–Crippen LogP) is 2.88. The molecular weight excluding hydrogens is 242 g/mol. The van der Waals surface area contributed by atoms with Crippen molar-refractivity contribution in [2.75, 3.05) is 0 Å². The minimum Gasteiger partial charge on any atom is -0.444 e. The largest absolute Gasteiger partial charge is 0.444 e. The number of hydrogen-bond donors (Lipinski definition) is 1. The molecule has 104 valence electrons. The van der Waals surface area contributed by atoms with Gasteiger partial charge in [0, 0.05) is 5.92 Å². The molecule has 0 aliphatic carbocycles. The number of alkyl carbamates (subject to hydrolysis) is 1. The Morgan fingerprint density at radius 1 is 1.26 bits per heavy atom. The van der Waals surface area contributed by atoms with E-state index in [2.05, 4.69) is 5.32 Å². The summed E-state index contributed by atoms with van der Waals surface area (Å²) in [5.41, 5.74) is 0.420. The number of amides is 1. The highest BCUT2D eigenvalue weighted by atomic mass is 16.6. The summed E-state index contributed by atoms with van der Waals surface area (Å²) < 4.78 is 5.15. The van der Waals surface area contributed by atoms with Gasteiger partial charge in [-0.05, 0) is 26.3 Å². The molecule has 19 heavy (non-hydrogen) atoms. The summed E-state index contributed by atoms with van der Waals surface area (Å²) in [6.45, 7) is 7.24. The average molecular weight is 263 g/mol. The maximum Gasteiger partial charge on any atom is 0.408 e. The summed E-state index contributed by atoms with van der Waals surface area (Å²) in [6.07, 6.45) is 0.161. The average Bonchev–Trinajstić information content (AvgIpc) is 2.34. The summed E-state index contributed by atoms with van der Waals surface area (Å²) in [6, 6.07) is 8.98. The monoisotopic (exact) mass is 263 g/mol. The maximum atomic E-state index is 11.7. The zero-order valence-corrected chi connectivity index (χ0v) is 11.8. The molecule has 2 atom stereocenters. The van der Waals surface area contributed by atoms with Crippen molar-refractivity contribution in [1.29, 1.82) is 0 Å². The smallest absolute Gasteiger partial charge is 0.408 e. The first-order valence-corrected chi connectivity index (χ1v) is 6.33. The van der Waals surface area contributed by atoms with E-state index in [9.17, 15) is 9.59 Å². The van der Waals surface area contributed by atoms with Crippen LogP contribution in [-0.2, 0) is 9.53 Å². The van der Waals surface area contributed by atoms with Crippen molar-refractivity contribution in [3.63, 3.8) is 0 Å². The van der Waals surface area contributed by atoms with Gasteiger partial charge in [0.15, 0.2) is 0 Å². The number of aldehydes is 1. The zero-order valence-electron chi connectivity index (χ0n) is 11.8.